The Bertz CT molecular complexity index is 548. The van der Waals surface area contributed by atoms with E-state index < -0.39 is 0 Å². The van der Waals surface area contributed by atoms with E-state index >= 15 is 0 Å². The van der Waals surface area contributed by atoms with E-state index in [1.165, 1.54) is 12.7 Å². The quantitative estimate of drug-likeness (QED) is 0.836. The highest BCUT2D eigenvalue weighted by molar-refractivity contribution is 5.80. The summed E-state index contributed by atoms with van der Waals surface area (Å²) in [5, 5.41) is 0. The summed E-state index contributed by atoms with van der Waals surface area (Å²) < 4.78 is 2.05. The molecule has 2 N–H and O–H groups in total. The van der Waals surface area contributed by atoms with Gasteiger partial charge in [0.25, 0.3) is 0 Å². The first-order valence-corrected chi connectivity index (χ1v) is 7.28. The minimum Gasteiger partial charge on any atom is -0.382 e. The van der Waals surface area contributed by atoms with Crippen molar-refractivity contribution >= 4 is 17.0 Å². The van der Waals surface area contributed by atoms with Gasteiger partial charge in [-0.3, -0.25) is 0 Å². The molecule has 2 aromatic heterocycles. The van der Waals surface area contributed by atoms with Crippen LogP contribution in [0.3, 0.4) is 0 Å². The lowest BCUT2D eigenvalue weighted by atomic mass is 10.2. The van der Waals surface area contributed by atoms with Crippen LogP contribution in [0.2, 0.25) is 0 Å². The van der Waals surface area contributed by atoms with E-state index in [1.807, 2.05) is 0 Å². The molecule has 0 saturated heterocycles. The minimum absolute atomic E-state index is 0.448. The predicted octanol–water partition coefficient (Wildman–Crippen LogP) is 1.92. The standard InChI is InChI=1S/C14H24N6/c1-4-6-19(11(2)3)7-5-8-20-10-18-12-13(15)16-9-17-14(12)20/h9-11H,4-8H2,1-3H3,(H2,15,16,17). The summed E-state index contributed by atoms with van der Waals surface area (Å²) in [6.07, 6.45) is 5.56. The summed E-state index contributed by atoms with van der Waals surface area (Å²) in [4.78, 5) is 15.0. The van der Waals surface area contributed by atoms with Crippen molar-refractivity contribution < 1.29 is 0 Å². The summed E-state index contributed by atoms with van der Waals surface area (Å²) in [5.41, 5.74) is 7.31. The van der Waals surface area contributed by atoms with Gasteiger partial charge in [-0.1, -0.05) is 6.92 Å². The van der Waals surface area contributed by atoms with Gasteiger partial charge in [0.05, 0.1) is 6.33 Å². The van der Waals surface area contributed by atoms with Gasteiger partial charge in [0.15, 0.2) is 11.5 Å². The lowest BCUT2D eigenvalue weighted by Gasteiger charge is -2.25. The largest absolute Gasteiger partial charge is 0.382 e. The number of hydrogen-bond donors (Lipinski definition) is 1. The molecule has 6 nitrogen and oxygen atoms in total. The second-order valence-corrected chi connectivity index (χ2v) is 5.35. The third-order valence-electron chi connectivity index (χ3n) is 3.51. The van der Waals surface area contributed by atoms with Crippen molar-refractivity contribution in [2.45, 2.75) is 46.2 Å². The molecule has 0 aliphatic heterocycles. The monoisotopic (exact) mass is 276 g/mol. The Balaban J connectivity index is 1.97. The summed E-state index contributed by atoms with van der Waals surface area (Å²) >= 11 is 0. The second-order valence-electron chi connectivity index (χ2n) is 5.35. The van der Waals surface area contributed by atoms with E-state index in [1.54, 1.807) is 6.33 Å². The Morgan fingerprint density at radius 1 is 1.25 bits per heavy atom. The van der Waals surface area contributed by atoms with Crippen LogP contribution in [0.1, 0.15) is 33.6 Å². The molecule has 0 spiro atoms. The SMILES string of the molecule is CCCN(CCCn1cnc2c(N)ncnc21)C(C)C. The molecule has 20 heavy (non-hydrogen) atoms. The maximum atomic E-state index is 5.79. The number of hydrogen-bond acceptors (Lipinski definition) is 5. The van der Waals surface area contributed by atoms with Crippen LogP contribution in [0.4, 0.5) is 5.82 Å². The molecule has 0 radical (unpaired) electrons. The molecule has 110 valence electrons. The lowest BCUT2D eigenvalue weighted by molar-refractivity contribution is 0.216. The summed E-state index contributed by atoms with van der Waals surface area (Å²) in [6, 6.07) is 0.590. The third kappa shape index (κ3) is 3.25. The van der Waals surface area contributed by atoms with Gasteiger partial charge >= 0.3 is 0 Å². The molecule has 2 rings (SSSR count). The van der Waals surface area contributed by atoms with Crippen molar-refractivity contribution in [1.29, 1.82) is 0 Å². The van der Waals surface area contributed by atoms with E-state index in [4.69, 9.17) is 5.73 Å². The predicted molar refractivity (Wildman–Crippen MR) is 81.4 cm³/mol. The van der Waals surface area contributed by atoms with Crippen LogP contribution in [0.15, 0.2) is 12.7 Å². The molecule has 0 saturated carbocycles. The molecular weight excluding hydrogens is 252 g/mol. The van der Waals surface area contributed by atoms with Crippen molar-refractivity contribution in [1.82, 2.24) is 24.4 Å². The number of nitrogens with two attached hydrogens (primary N) is 1. The molecule has 0 bridgehead atoms. The highest BCUT2D eigenvalue weighted by atomic mass is 15.2. The zero-order chi connectivity index (χ0) is 14.5. The molecule has 0 aliphatic rings. The molecule has 0 fully saturated rings. The highest BCUT2D eigenvalue weighted by Gasteiger charge is 2.10. The summed E-state index contributed by atoms with van der Waals surface area (Å²) in [7, 11) is 0. The van der Waals surface area contributed by atoms with Crippen LogP contribution in [-0.2, 0) is 6.54 Å². The first-order valence-electron chi connectivity index (χ1n) is 7.28. The van der Waals surface area contributed by atoms with Gasteiger partial charge in [0.1, 0.15) is 11.8 Å². The number of aryl methyl sites for hydroxylation is 1. The zero-order valence-electron chi connectivity index (χ0n) is 12.6. The van der Waals surface area contributed by atoms with Gasteiger partial charge in [-0.15, -0.1) is 0 Å². The van der Waals surface area contributed by atoms with Crippen LogP contribution in [-0.4, -0.2) is 43.6 Å². The van der Waals surface area contributed by atoms with Crippen LogP contribution in [0.25, 0.3) is 11.2 Å². The van der Waals surface area contributed by atoms with E-state index in [0.717, 1.165) is 31.7 Å². The maximum absolute atomic E-state index is 5.79. The Kier molecular flexibility index (Phi) is 4.89. The Hall–Kier alpha value is -1.69. The van der Waals surface area contributed by atoms with Gasteiger partial charge in [0.2, 0.25) is 0 Å². The number of fused-ring (bicyclic) bond motifs is 1. The zero-order valence-corrected chi connectivity index (χ0v) is 12.6. The van der Waals surface area contributed by atoms with E-state index in [-0.39, 0.29) is 0 Å². The Morgan fingerprint density at radius 2 is 2.05 bits per heavy atom. The van der Waals surface area contributed by atoms with Crippen molar-refractivity contribution in [3.05, 3.63) is 12.7 Å². The van der Waals surface area contributed by atoms with Crippen molar-refractivity contribution in [3.63, 3.8) is 0 Å². The number of imidazole rings is 1. The van der Waals surface area contributed by atoms with Gasteiger partial charge in [-0.25, -0.2) is 15.0 Å². The fraction of sp³-hybridized carbons (Fsp3) is 0.643. The average Bonchev–Trinajstić information content (AvgIpc) is 2.82. The summed E-state index contributed by atoms with van der Waals surface area (Å²) in [5.74, 6) is 0.448. The average molecular weight is 276 g/mol. The van der Waals surface area contributed by atoms with Crippen LogP contribution >= 0.6 is 0 Å². The number of aromatic nitrogens is 4. The van der Waals surface area contributed by atoms with Crippen LogP contribution in [0.5, 0.6) is 0 Å². The Morgan fingerprint density at radius 3 is 2.75 bits per heavy atom. The maximum Gasteiger partial charge on any atom is 0.165 e. The van der Waals surface area contributed by atoms with Gasteiger partial charge in [0, 0.05) is 19.1 Å². The molecule has 0 amide bonds. The lowest BCUT2D eigenvalue weighted by Crippen LogP contribution is -2.33. The molecule has 2 heterocycles. The van der Waals surface area contributed by atoms with Crippen molar-refractivity contribution in [2.24, 2.45) is 0 Å². The van der Waals surface area contributed by atoms with Crippen molar-refractivity contribution in [2.75, 3.05) is 18.8 Å². The molecule has 0 atom stereocenters. The molecule has 0 aromatic carbocycles. The number of nitrogen functional groups attached to an aromatic ring is 1. The van der Waals surface area contributed by atoms with Gasteiger partial charge < -0.3 is 15.2 Å². The normalized spacial score (nSPS) is 11.8. The first kappa shape index (κ1) is 14.7. The van der Waals surface area contributed by atoms with Gasteiger partial charge in [-0.2, -0.15) is 0 Å². The molecule has 6 heteroatoms. The van der Waals surface area contributed by atoms with E-state index in [2.05, 4.69) is 45.2 Å². The molecule has 2 aromatic rings. The topological polar surface area (TPSA) is 72.9 Å². The van der Waals surface area contributed by atoms with Crippen LogP contribution < -0.4 is 5.73 Å². The number of rotatable bonds is 7. The number of nitrogens with zero attached hydrogens (tertiary/aromatic N) is 5. The van der Waals surface area contributed by atoms with Crippen molar-refractivity contribution in [3.8, 4) is 0 Å². The molecular formula is C14H24N6. The first-order chi connectivity index (χ1) is 9.63. The van der Waals surface area contributed by atoms with Gasteiger partial charge in [-0.05, 0) is 33.2 Å². The second kappa shape index (κ2) is 6.65. The smallest absolute Gasteiger partial charge is 0.165 e. The molecule has 0 aliphatic carbocycles. The third-order valence-corrected chi connectivity index (χ3v) is 3.51. The summed E-state index contributed by atoms with van der Waals surface area (Å²) in [6.45, 7) is 9.86. The van der Waals surface area contributed by atoms with E-state index in [0.29, 0.717) is 17.4 Å². The minimum atomic E-state index is 0.448. The fourth-order valence-corrected chi connectivity index (χ4v) is 2.42. The van der Waals surface area contributed by atoms with Crippen LogP contribution in [0, 0.1) is 0 Å². The molecule has 0 unspecified atom stereocenters. The number of anilines is 1. The highest BCUT2D eigenvalue weighted by Crippen LogP contribution is 2.14. The fourth-order valence-electron chi connectivity index (χ4n) is 2.42. The Labute approximate surface area is 120 Å². The van der Waals surface area contributed by atoms with E-state index in [9.17, 15) is 0 Å².